The van der Waals surface area contributed by atoms with Gasteiger partial charge in [0, 0.05) is 24.7 Å². The minimum absolute atomic E-state index is 0.114. The van der Waals surface area contributed by atoms with Gasteiger partial charge in [0.25, 0.3) is 0 Å². The van der Waals surface area contributed by atoms with Crippen LogP contribution < -0.4 is 0 Å². The van der Waals surface area contributed by atoms with Crippen LogP contribution in [-0.2, 0) is 23.9 Å². The van der Waals surface area contributed by atoms with Gasteiger partial charge in [-0.3, -0.25) is 19.4 Å². The second kappa shape index (κ2) is 7.74. The highest BCUT2D eigenvalue weighted by Gasteiger charge is 2.57. The maximum Gasteiger partial charge on any atom is 0.317 e. The van der Waals surface area contributed by atoms with Crippen LogP contribution in [0.25, 0.3) is 0 Å². The predicted molar refractivity (Wildman–Crippen MR) is 87.5 cm³/mol. The first-order chi connectivity index (χ1) is 11.8. The van der Waals surface area contributed by atoms with Gasteiger partial charge >= 0.3 is 11.9 Å². The third-order valence-electron chi connectivity index (χ3n) is 4.42. The minimum atomic E-state index is -1.63. The van der Waals surface area contributed by atoms with Gasteiger partial charge in [-0.1, -0.05) is 6.07 Å². The van der Waals surface area contributed by atoms with Crippen LogP contribution in [-0.4, -0.2) is 46.6 Å². The maximum atomic E-state index is 12.6. The van der Waals surface area contributed by atoms with Crippen LogP contribution in [0.2, 0.25) is 0 Å². The number of Topliss-reactive ketones (excluding diaryl/α,β-unsaturated/α-hetero) is 1. The molecule has 0 spiro atoms. The molecule has 2 rings (SSSR count). The van der Waals surface area contributed by atoms with Crippen LogP contribution in [0.1, 0.15) is 38.7 Å². The van der Waals surface area contributed by atoms with Crippen molar-refractivity contribution in [1.82, 2.24) is 4.98 Å². The van der Waals surface area contributed by atoms with Gasteiger partial charge in [-0.05, 0) is 32.4 Å². The molecule has 1 aliphatic rings. The number of carbonyl (C=O) groups is 3. The van der Waals surface area contributed by atoms with Crippen LogP contribution in [0.4, 0.5) is 0 Å². The fourth-order valence-corrected chi connectivity index (χ4v) is 3.45. The van der Waals surface area contributed by atoms with Gasteiger partial charge in [0.15, 0.2) is 5.78 Å². The van der Waals surface area contributed by atoms with Crippen molar-refractivity contribution in [3.8, 4) is 0 Å². The van der Waals surface area contributed by atoms with E-state index in [1.807, 2.05) is 0 Å². The molecule has 136 valence electrons. The normalized spacial score (nSPS) is 29.1. The second-order valence-corrected chi connectivity index (χ2v) is 6.27. The van der Waals surface area contributed by atoms with Crippen molar-refractivity contribution < 1.29 is 29.0 Å². The molecule has 0 bridgehead atoms. The van der Waals surface area contributed by atoms with Gasteiger partial charge in [0.05, 0.1) is 24.7 Å². The number of hydrogen-bond acceptors (Lipinski definition) is 7. The molecule has 0 aliphatic heterocycles. The molecule has 0 unspecified atom stereocenters. The van der Waals surface area contributed by atoms with Crippen molar-refractivity contribution in [1.29, 1.82) is 0 Å². The molecule has 1 aromatic heterocycles. The van der Waals surface area contributed by atoms with Gasteiger partial charge < -0.3 is 14.6 Å². The summed E-state index contributed by atoms with van der Waals surface area (Å²) < 4.78 is 10.2. The van der Waals surface area contributed by atoms with Crippen LogP contribution in [0.15, 0.2) is 24.5 Å². The van der Waals surface area contributed by atoms with Gasteiger partial charge in [0.2, 0.25) is 0 Å². The Balaban J connectivity index is 2.57. The molecule has 1 N–H and O–H groups in total. The summed E-state index contributed by atoms with van der Waals surface area (Å²) in [4.78, 5) is 41.6. The van der Waals surface area contributed by atoms with E-state index in [0.717, 1.165) is 0 Å². The zero-order valence-corrected chi connectivity index (χ0v) is 14.6. The van der Waals surface area contributed by atoms with E-state index in [-0.39, 0.29) is 19.6 Å². The molecule has 4 atom stereocenters. The molecule has 0 radical (unpaired) electrons. The quantitative estimate of drug-likeness (QED) is 0.630. The topological polar surface area (TPSA) is 103 Å². The number of rotatable bonds is 5. The van der Waals surface area contributed by atoms with E-state index in [2.05, 4.69) is 4.98 Å². The lowest BCUT2D eigenvalue weighted by molar-refractivity contribution is -0.172. The van der Waals surface area contributed by atoms with E-state index < -0.39 is 41.1 Å². The molecule has 1 aliphatic carbocycles. The molecular formula is C18H23NO6. The van der Waals surface area contributed by atoms with E-state index in [4.69, 9.17) is 9.47 Å². The smallest absolute Gasteiger partial charge is 0.317 e. The molecule has 25 heavy (non-hydrogen) atoms. The molecular weight excluding hydrogens is 326 g/mol. The van der Waals surface area contributed by atoms with Gasteiger partial charge in [-0.15, -0.1) is 0 Å². The molecule has 7 heteroatoms. The predicted octanol–water partition coefficient (Wildman–Crippen LogP) is 1.25. The summed E-state index contributed by atoms with van der Waals surface area (Å²) in [5, 5.41) is 10.8. The van der Waals surface area contributed by atoms with Crippen molar-refractivity contribution in [2.24, 2.45) is 11.8 Å². The molecule has 0 saturated heterocycles. The van der Waals surface area contributed by atoms with Crippen LogP contribution in [0, 0.1) is 11.8 Å². The van der Waals surface area contributed by atoms with Gasteiger partial charge in [0.1, 0.15) is 5.92 Å². The third-order valence-corrected chi connectivity index (χ3v) is 4.42. The van der Waals surface area contributed by atoms with Crippen molar-refractivity contribution in [2.75, 3.05) is 13.2 Å². The Morgan fingerprint density at radius 3 is 2.48 bits per heavy atom. The fourth-order valence-electron chi connectivity index (χ4n) is 3.45. The van der Waals surface area contributed by atoms with Crippen LogP contribution >= 0.6 is 0 Å². The first-order valence-electron chi connectivity index (χ1n) is 8.31. The number of ether oxygens (including phenoxy) is 2. The van der Waals surface area contributed by atoms with Crippen LogP contribution in [0.5, 0.6) is 0 Å². The molecule has 7 nitrogen and oxygen atoms in total. The lowest BCUT2D eigenvalue weighted by atomic mass is 9.62. The van der Waals surface area contributed by atoms with Crippen molar-refractivity contribution in [2.45, 2.75) is 38.7 Å². The second-order valence-electron chi connectivity index (χ2n) is 6.27. The monoisotopic (exact) mass is 349 g/mol. The average Bonchev–Trinajstić information content (AvgIpc) is 2.54. The molecule has 0 amide bonds. The fraction of sp³-hybridized carbons (Fsp3) is 0.556. The molecule has 1 saturated carbocycles. The zero-order valence-electron chi connectivity index (χ0n) is 14.6. The van der Waals surface area contributed by atoms with E-state index in [9.17, 15) is 19.5 Å². The number of aliphatic hydroxyl groups is 1. The Kier molecular flexibility index (Phi) is 5.89. The van der Waals surface area contributed by atoms with E-state index >= 15 is 0 Å². The van der Waals surface area contributed by atoms with E-state index in [1.54, 1.807) is 32.2 Å². The summed E-state index contributed by atoms with van der Waals surface area (Å²) in [5.41, 5.74) is -1.13. The summed E-state index contributed by atoms with van der Waals surface area (Å²) in [6.07, 6.45) is 2.71. The van der Waals surface area contributed by atoms with Crippen molar-refractivity contribution in [3.05, 3.63) is 30.1 Å². The minimum Gasteiger partial charge on any atom is -0.466 e. The summed E-state index contributed by atoms with van der Waals surface area (Å²) in [6.45, 7) is 4.95. The van der Waals surface area contributed by atoms with Gasteiger partial charge in [-0.25, -0.2) is 0 Å². The molecule has 1 aromatic rings. The lowest BCUT2D eigenvalue weighted by Crippen LogP contribution is -2.55. The largest absolute Gasteiger partial charge is 0.466 e. The Hall–Kier alpha value is -2.28. The third kappa shape index (κ3) is 3.87. The standard InChI is InChI=1S/C18H23NO6/c1-4-24-16(21)14-12(20)9-18(3,23)15(17(22)25-5-2)13(14)11-7-6-8-19-10-11/h6-8,10,13-15,23H,4-5,9H2,1-3H3/t13-,14+,15+,18-/m1/s1. The first kappa shape index (κ1) is 19.1. The zero-order chi connectivity index (χ0) is 18.6. The summed E-state index contributed by atoms with van der Waals surface area (Å²) >= 11 is 0. The van der Waals surface area contributed by atoms with Gasteiger partial charge in [-0.2, -0.15) is 0 Å². The average molecular weight is 349 g/mol. The summed E-state index contributed by atoms with van der Waals surface area (Å²) in [5.74, 6) is -4.97. The lowest BCUT2D eigenvalue weighted by Gasteiger charge is -2.43. The number of ketones is 1. The maximum absolute atomic E-state index is 12.6. The first-order valence-corrected chi connectivity index (χ1v) is 8.31. The number of pyridine rings is 1. The molecule has 0 aromatic carbocycles. The molecule has 1 fully saturated rings. The number of aromatic nitrogens is 1. The highest BCUT2D eigenvalue weighted by Crippen LogP contribution is 2.46. The van der Waals surface area contributed by atoms with Crippen molar-refractivity contribution in [3.63, 3.8) is 0 Å². The van der Waals surface area contributed by atoms with Crippen LogP contribution in [0.3, 0.4) is 0 Å². The number of nitrogens with zero attached hydrogens (tertiary/aromatic N) is 1. The number of hydrogen-bond donors (Lipinski definition) is 1. The summed E-state index contributed by atoms with van der Waals surface area (Å²) in [6, 6.07) is 3.32. The van der Waals surface area contributed by atoms with E-state index in [0.29, 0.717) is 5.56 Å². The van der Waals surface area contributed by atoms with Crippen molar-refractivity contribution >= 4 is 17.7 Å². The highest BCUT2D eigenvalue weighted by molar-refractivity contribution is 6.02. The number of carbonyl (C=O) groups excluding carboxylic acids is 3. The Labute approximate surface area is 146 Å². The Morgan fingerprint density at radius 1 is 1.28 bits per heavy atom. The number of esters is 2. The highest BCUT2D eigenvalue weighted by atomic mass is 16.5. The Morgan fingerprint density at radius 2 is 1.92 bits per heavy atom. The van der Waals surface area contributed by atoms with E-state index in [1.165, 1.54) is 13.1 Å². The SMILES string of the molecule is CCOC(=O)[C@H]1C(=O)C[C@@](C)(O)[C@H](C(=O)OCC)[C@@H]1c1cccnc1. The Bertz CT molecular complexity index is 642. The summed E-state index contributed by atoms with van der Waals surface area (Å²) in [7, 11) is 0. The molecule has 1 heterocycles.